The van der Waals surface area contributed by atoms with Crippen molar-refractivity contribution in [1.29, 1.82) is 0 Å². The lowest BCUT2D eigenvalue weighted by Crippen LogP contribution is -2.17. The molecule has 1 N–H and O–H groups in total. The minimum Gasteiger partial charge on any atom is -0.319 e. The predicted molar refractivity (Wildman–Crippen MR) is 62.5 cm³/mol. The lowest BCUT2D eigenvalue weighted by Gasteiger charge is -2.15. The van der Waals surface area contributed by atoms with Gasteiger partial charge in [0, 0.05) is 6.54 Å². The number of allylic oxidation sites excluding steroid dienone is 1. The first-order chi connectivity index (χ1) is 6.88. The third kappa shape index (κ3) is 3.35. The van der Waals surface area contributed by atoms with Crippen molar-refractivity contribution in [2.75, 3.05) is 13.6 Å². The third-order valence-electron chi connectivity index (χ3n) is 2.44. The van der Waals surface area contributed by atoms with Gasteiger partial charge in [-0.15, -0.1) is 6.58 Å². The van der Waals surface area contributed by atoms with Crippen LogP contribution in [0.3, 0.4) is 0 Å². The molecule has 0 amide bonds. The Labute approximate surface area is 86.8 Å². The Bertz CT molecular complexity index is 253. The van der Waals surface area contributed by atoms with E-state index < -0.39 is 0 Å². The van der Waals surface area contributed by atoms with Crippen molar-refractivity contribution in [1.82, 2.24) is 5.32 Å². The Kier molecular flexibility index (Phi) is 5.02. The molecule has 14 heavy (non-hydrogen) atoms. The molecular formula is C13H19N. The minimum absolute atomic E-state index is 0.610. The summed E-state index contributed by atoms with van der Waals surface area (Å²) in [5.74, 6) is 0.610. The van der Waals surface area contributed by atoms with Gasteiger partial charge in [0.1, 0.15) is 0 Å². The summed E-state index contributed by atoms with van der Waals surface area (Å²) < 4.78 is 0. The molecule has 0 fully saturated rings. The first-order valence-corrected chi connectivity index (χ1v) is 5.19. The molecule has 1 heteroatoms. The summed E-state index contributed by atoms with van der Waals surface area (Å²) in [4.78, 5) is 0. The van der Waals surface area contributed by atoms with Crippen LogP contribution in [0.15, 0.2) is 43.0 Å². The third-order valence-corrected chi connectivity index (χ3v) is 2.44. The molecule has 0 heterocycles. The van der Waals surface area contributed by atoms with E-state index in [1.807, 2.05) is 13.1 Å². The maximum Gasteiger partial charge on any atom is 0.00172 e. The highest BCUT2D eigenvalue weighted by Crippen LogP contribution is 2.20. The largest absolute Gasteiger partial charge is 0.319 e. The van der Waals surface area contributed by atoms with Crippen LogP contribution >= 0.6 is 0 Å². The van der Waals surface area contributed by atoms with E-state index in [0.29, 0.717) is 5.92 Å². The van der Waals surface area contributed by atoms with Crippen molar-refractivity contribution in [3.63, 3.8) is 0 Å². The van der Waals surface area contributed by atoms with Crippen molar-refractivity contribution in [2.45, 2.75) is 18.8 Å². The minimum atomic E-state index is 0.610. The van der Waals surface area contributed by atoms with Crippen LogP contribution in [0.2, 0.25) is 0 Å². The van der Waals surface area contributed by atoms with Crippen LogP contribution in [-0.2, 0) is 0 Å². The first kappa shape index (κ1) is 11.0. The fourth-order valence-corrected chi connectivity index (χ4v) is 1.68. The molecule has 1 atom stereocenters. The summed E-state index contributed by atoms with van der Waals surface area (Å²) in [6.45, 7) is 4.81. The molecule has 76 valence electrons. The molecule has 0 aliphatic heterocycles. The highest BCUT2D eigenvalue weighted by molar-refractivity contribution is 5.19. The Morgan fingerprint density at radius 2 is 2.07 bits per heavy atom. The molecule has 1 nitrogen and oxygen atoms in total. The van der Waals surface area contributed by atoms with Crippen LogP contribution in [0.1, 0.15) is 24.3 Å². The summed E-state index contributed by atoms with van der Waals surface area (Å²) in [7, 11) is 2.00. The molecular weight excluding hydrogens is 170 g/mol. The van der Waals surface area contributed by atoms with Crippen LogP contribution in [0.25, 0.3) is 0 Å². The smallest absolute Gasteiger partial charge is 0.00172 e. The van der Waals surface area contributed by atoms with Crippen LogP contribution in [0.5, 0.6) is 0 Å². The van der Waals surface area contributed by atoms with E-state index in [0.717, 1.165) is 13.0 Å². The average molecular weight is 189 g/mol. The maximum absolute atomic E-state index is 3.77. The average Bonchev–Trinajstić information content (AvgIpc) is 2.25. The maximum atomic E-state index is 3.77. The first-order valence-electron chi connectivity index (χ1n) is 5.19. The molecule has 0 saturated carbocycles. The SMILES string of the molecule is C=CCCC(CNC)c1ccccc1. The molecule has 0 bridgehead atoms. The lowest BCUT2D eigenvalue weighted by molar-refractivity contribution is 0.590. The van der Waals surface area contributed by atoms with Gasteiger partial charge in [0.05, 0.1) is 0 Å². The van der Waals surface area contributed by atoms with Gasteiger partial charge in [0.25, 0.3) is 0 Å². The van der Waals surface area contributed by atoms with Gasteiger partial charge in [-0.2, -0.15) is 0 Å². The number of rotatable bonds is 6. The van der Waals surface area contributed by atoms with Gasteiger partial charge >= 0.3 is 0 Å². The Hall–Kier alpha value is -1.08. The monoisotopic (exact) mass is 189 g/mol. The summed E-state index contributed by atoms with van der Waals surface area (Å²) in [5, 5.41) is 3.24. The van der Waals surface area contributed by atoms with Gasteiger partial charge in [-0.1, -0.05) is 36.4 Å². The summed E-state index contributed by atoms with van der Waals surface area (Å²) in [6.07, 6.45) is 4.25. The van der Waals surface area contributed by atoms with Gasteiger partial charge in [-0.25, -0.2) is 0 Å². The standard InChI is InChI=1S/C13H19N/c1-3-4-8-13(11-14-2)12-9-6-5-7-10-12/h3,5-7,9-10,13-14H,1,4,8,11H2,2H3. The second-order valence-corrected chi connectivity index (χ2v) is 3.53. The van der Waals surface area contributed by atoms with Gasteiger partial charge in [-0.3, -0.25) is 0 Å². The van der Waals surface area contributed by atoms with Crippen molar-refractivity contribution >= 4 is 0 Å². The molecule has 1 rings (SSSR count). The number of hydrogen-bond acceptors (Lipinski definition) is 1. The number of nitrogens with one attached hydrogen (secondary N) is 1. The highest BCUT2D eigenvalue weighted by Gasteiger charge is 2.08. The zero-order valence-corrected chi connectivity index (χ0v) is 8.87. The number of likely N-dealkylation sites (N-methyl/N-ethyl adjacent to an activating group) is 1. The van der Waals surface area contributed by atoms with Gasteiger partial charge < -0.3 is 5.32 Å². The molecule has 0 aliphatic carbocycles. The molecule has 1 unspecified atom stereocenters. The van der Waals surface area contributed by atoms with E-state index in [9.17, 15) is 0 Å². The molecule has 0 radical (unpaired) electrons. The van der Waals surface area contributed by atoms with Crippen LogP contribution in [0, 0.1) is 0 Å². The normalized spacial score (nSPS) is 12.4. The van der Waals surface area contributed by atoms with E-state index in [4.69, 9.17) is 0 Å². The Morgan fingerprint density at radius 1 is 1.36 bits per heavy atom. The van der Waals surface area contributed by atoms with E-state index >= 15 is 0 Å². The molecule has 0 saturated heterocycles. The Morgan fingerprint density at radius 3 is 2.64 bits per heavy atom. The zero-order chi connectivity index (χ0) is 10.2. The van der Waals surface area contributed by atoms with Crippen molar-refractivity contribution in [2.24, 2.45) is 0 Å². The van der Waals surface area contributed by atoms with Crippen molar-refractivity contribution in [3.05, 3.63) is 48.6 Å². The number of benzene rings is 1. The van der Waals surface area contributed by atoms with Gasteiger partial charge in [0.2, 0.25) is 0 Å². The fraction of sp³-hybridized carbons (Fsp3) is 0.385. The van der Waals surface area contributed by atoms with Crippen LogP contribution in [-0.4, -0.2) is 13.6 Å². The van der Waals surface area contributed by atoms with Crippen LogP contribution < -0.4 is 5.32 Å². The summed E-state index contributed by atoms with van der Waals surface area (Å²) in [6, 6.07) is 10.7. The molecule has 1 aromatic carbocycles. The van der Waals surface area contributed by atoms with Gasteiger partial charge in [0.15, 0.2) is 0 Å². The van der Waals surface area contributed by atoms with Gasteiger partial charge in [-0.05, 0) is 31.4 Å². The van der Waals surface area contributed by atoms with Crippen LogP contribution in [0.4, 0.5) is 0 Å². The quantitative estimate of drug-likeness (QED) is 0.678. The zero-order valence-electron chi connectivity index (χ0n) is 8.87. The van der Waals surface area contributed by atoms with E-state index in [2.05, 4.69) is 42.2 Å². The summed E-state index contributed by atoms with van der Waals surface area (Å²) >= 11 is 0. The van der Waals surface area contributed by atoms with E-state index in [1.165, 1.54) is 12.0 Å². The van der Waals surface area contributed by atoms with E-state index in [-0.39, 0.29) is 0 Å². The summed E-state index contributed by atoms with van der Waals surface area (Å²) in [5.41, 5.74) is 1.42. The molecule has 0 aliphatic rings. The van der Waals surface area contributed by atoms with Crippen molar-refractivity contribution in [3.8, 4) is 0 Å². The molecule has 0 spiro atoms. The molecule has 1 aromatic rings. The predicted octanol–water partition coefficient (Wildman–Crippen LogP) is 2.96. The fourth-order valence-electron chi connectivity index (χ4n) is 1.68. The molecule has 0 aromatic heterocycles. The second kappa shape index (κ2) is 6.39. The second-order valence-electron chi connectivity index (χ2n) is 3.53. The number of hydrogen-bond donors (Lipinski definition) is 1. The van der Waals surface area contributed by atoms with Crippen molar-refractivity contribution < 1.29 is 0 Å². The topological polar surface area (TPSA) is 12.0 Å². The lowest BCUT2D eigenvalue weighted by atomic mass is 9.94. The highest BCUT2D eigenvalue weighted by atomic mass is 14.8. The Balaban J connectivity index is 2.62. The van der Waals surface area contributed by atoms with E-state index in [1.54, 1.807) is 0 Å².